The fourth-order valence-electron chi connectivity index (χ4n) is 2.76. The lowest BCUT2D eigenvalue weighted by Gasteiger charge is -2.11. The molecule has 1 aromatic carbocycles. The van der Waals surface area contributed by atoms with Gasteiger partial charge in [-0.1, -0.05) is 12.1 Å². The Morgan fingerprint density at radius 1 is 1.40 bits per heavy atom. The van der Waals surface area contributed by atoms with E-state index in [1.165, 1.54) is 6.42 Å². The lowest BCUT2D eigenvalue weighted by Crippen LogP contribution is -2.05. The molecule has 0 saturated carbocycles. The summed E-state index contributed by atoms with van der Waals surface area (Å²) in [6.07, 6.45) is 4.91. The summed E-state index contributed by atoms with van der Waals surface area (Å²) in [5.74, 6) is 0.652. The summed E-state index contributed by atoms with van der Waals surface area (Å²) < 4.78 is 12.3. The number of hydrogen-bond acceptors (Lipinski definition) is 3. The van der Waals surface area contributed by atoms with Crippen LogP contribution in [0.15, 0.2) is 33.2 Å². The molecule has 1 N–H and O–H groups in total. The number of aliphatic hydroxyl groups excluding tert-OH is 1. The van der Waals surface area contributed by atoms with Crippen LogP contribution < -0.4 is 0 Å². The van der Waals surface area contributed by atoms with Gasteiger partial charge in [-0.3, -0.25) is 0 Å². The Morgan fingerprint density at radius 2 is 2.30 bits per heavy atom. The Balaban J connectivity index is 1.60. The Bertz CT molecular complexity index is 572. The second kappa shape index (κ2) is 6.29. The Hall–Kier alpha value is -0.840. The van der Waals surface area contributed by atoms with Gasteiger partial charge < -0.3 is 14.3 Å². The monoisotopic (exact) mass is 338 g/mol. The molecule has 0 bridgehead atoms. The first kappa shape index (κ1) is 14.1. The summed E-state index contributed by atoms with van der Waals surface area (Å²) in [5.41, 5.74) is 0.806. The first-order chi connectivity index (χ1) is 9.74. The maximum absolute atomic E-state index is 10.2. The standard InChI is InChI=1S/C16H19BrO3/c17-13-7-1-4-11-10-15(20-16(11)13)14(18)8-2-5-12-6-3-9-19-12/h1,4,7,10,12,14,18H,2-3,5-6,8-9H2. The smallest absolute Gasteiger partial charge is 0.148 e. The van der Waals surface area contributed by atoms with E-state index in [2.05, 4.69) is 15.9 Å². The van der Waals surface area contributed by atoms with Gasteiger partial charge in [0.25, 0.3) is 0 Å². The molecular formula is C16H19BrO3. The number of para-hydroxylation sites is 1. The van der Waals surface area contributed by atoms with Crippen molar-refractivity contribution in [3.8, 4) is 0 Å². The number of halogens is 1. The van der Waals surface area contributed by atoms with Crippen molar-refractivity contribution in [2.24, 2.45) is 0 Å². The maximum Gasteiger partial charge on any atom is 0.148 e. The molecule has 0 amide bonds. The van der Waals surface area contributed by atoms with Crippen LogP contribution in [0.1, 0.15) is 44.0 Å². The van der Waals surface area contributed by atoms with Crippen LogP contribution in [0.4, 0.5) is 0 Å². The van der Waals surface area contributed by atoms with Crippen LogP contribution in [0.5, 0.6) is 0 Å². The van der Waals surface area contributed by atoms with E-state index in [-0.39, 0.29) is 0 Å². The highest BCUT2D eigenvalue weighted by Gasteiger charge is 2.18. The second-order valence-corrected chi connectivity index (χ2v) is 6.24. The molecule has 1 aliphatic rings. The molecule has 2 atom stereocenters. The average molecular weight is 339 g/mol. The second-order valence-electron chi connectivity index (χ2n) is 5.39. The molecule has 20 heavy (non-hydrogen) atoms. The summed E-state index contributed by atoms with van der Waals surface area (Å²) >= 11 is 3.46. The molecule has 1 aliphatic heterocycles. The van der Waals surface area contributed by atoms with Gasteiger partial charge in [-0.15, -0.1) is 0 Å². The van der Waals surface area contributed by atoms with Crippen molar-refractivity contribution < 1.29 is 14.3 Å². The molecular weight excluding hydrogens is 320 g/mol. The van der Waals surface area contributed by atoms with Crippen LogP contribution in [0.3, 0.4) is 0 Å². The van der Waals surface area contributed by atoms with E-state index >= 15 is 0 Å². The number of hydrogen-bond donors (Lipinski definition) is 1. The molecule has 2 unspecified atom stereocenters. The number of rotatable bonds is 5. The van der Waals surface area contributed by atoms with Crippen LogP contribution in [0.25, 0.3) is 11.0 Å². The van der Waals surface area contributed by atoms with Crippen molar-refractivity contribution in [2.75, 3.05) is 6.61 Å². The molecule has 1 saturated heterocycles. The molecule has 108 valence electrons. The topological polar surface area (TPSA) is 42.6 Å². The predicted octanol–water partition coefficient (Wildman–Crippen LogP) is 4.58. The Labute approximate surface area is 127 Å². The van der Waals surface area contributed by atoms with Gasteiger partial charge in [0.15, 0.2) is 0 Å². The van der Waals surface area contributed by atoms with E-state index in [1.54, 1.807) is 0 Å². The molecule has 3 rings (SSSR count). The van der Waals surface area contributed by atoms with Crippen molar-refractivity contribution in [3.05, 3.63) is 34.5 Å². The van der Waals surface area contributed by atoms with Crippen molar-refractivity contribution in [3.63, 3.8) is 0 Å². The number of fused-ring (bicyclic) bond motifs is 1. The van der Waals surface area contributed by atoms with Gasteiger partial charge in [0.2, 0.25) is 0 Å². The van der Waals surface area contributed by atoms with Gasteiger partial charge in [0.05, 0.1) is 10.6 Å². The van der Waals surface area contributed by atoms with Crippen molar-refractivity contribution >= 4 is 26.9 Å². The Morgan fingerprint density at radius 3 is 3.05 bits per heavy atom. The molecule has 3 nitrogen and oxygen atoms in total. The highest BCUT2D eigenvalue weighted by atomic mass is 79.9. The van der Waals surface area contributed by atoms with E-state index in [1.807, 2.05) is 24.3 Å². The van der Waals surface area contributed by atoms with Gasteiger partial charge in [0.1, 0.15) is 17.4 Å². The van der Waals surface area contributed by atoms with Crippen LogP contribution >= 0.6 is 15.9 Å². The van der Waals surface area contributed by atoms with E-state index in [0.29, 0.717) is 11.9 Å². The zero-order valence-electron chi connectivity index (χ0n) is 11.3. The van der Waals surface area contributed by atoms with Crippen LogP contribution in [-0.4, -0.2) is 17.8 Å². The van der Waals surface area contributed by atoms with Gasteiger partial charge >= 0.3 is 0 Å². The SMILES string of the molecule is OC(CCCC1CCCO1)c1cc2cccc(Br)c2o1. The summed E-state index contributed by atoms with van der Waals surface area (Å²) in [7, 11) is 0. The van der Waals surface area contributed by atoms with Gasteiger partial charge in [0, 0.05) is 12.0 Å². The first-order valence-electron chi connectivity index (χ1n) is 7.21. The van der Waals surface area contributed by atoms with E-state index in [9.17, 15) is 5.11 Å². The third-order valence-corrected chi connectivity index (χ3v) is 4.50. The molecule has 1 fully saturated rings. The maximum atomic E-state index is 10.2. The summed E-state index contributed by atoms with van der Waals surface area (Å²) in [5, 5.41) is 11.3. The molecule has 0 radical (unpaired) electrons. The van der Waals surface area contributed by atoms with Crippen molar-refractivity contribution in [1.29, 1.82) is 0 Å². The normalized spacial score (nSPS) is 20.6. The molecule has 2 aromatic rings. The molecule has 4 heteroatoms. The van der Waals surface area contributed by atoms with Gasteiger partial charge in [-0.05, 0) is 60.2 Å². The molecule has 2 heterocycles. The number of ether oxygens (including phenoxy) is 1. The summed E-state index contributed by atoms with van der Waals surface area (Å²) in [4.78, 5) is 0. The zero-order chi connectivity index (χ0) is 13.9. The fraction of sp³-hybridized carbons (Fsp3) is 0.500. The number of furan rings is 1. The van der Waals surface area contributed by atoms with Crippen LogP contribution in [0.2, 0.25) is 0 Å². The third kappa shape index (κ3) is 3.08. The average Bonchev–Trinajstić information content (AvgIpc) is 3.07. The molecule has 1 aromatic heterocycles. The summed E-state index contributed by atoms with van der Waals surface area (Å²) in [6, 6.07) is 7.83. The third-order valence-electron chi connectivity index (χ3n) is 3.87. The van der Waals surface area contributed by atoms with Crippen molar-refractivity contribution in [1.82, 2.24) is 0 Å². The minimum Gasteiger partial charge on any atom is -0.457 e. The molecule has 0 spiro atoms. The minimum atomic E-state index is -0.532. The van der Waals surface area contributed by atoms with E-state index in [0.717, 1.165) is 47.7 Å². The fourth-order valence-corrected chi connectivity index (χ4v) is 3.23. The van der Waals surface area contributed by atoms with Crippen LogP contribution in [-0.2, 0) is 4.74 Å². The van der Waals surface area contributed by atoms with Crippen LogP contribution in [0, 0.1) is 0 Å². The van der Waals surface area contributed by atoms with Crippen molar-refractivity contribution in [2.45, 2.75) is 44.3 Å². The lowest BCUT2D eigenvalue weighted by atomic mass is 10.1. The first-order valence-corrected chi connectivity index (χ1v) is 8.01. The lowest BCUT2D eigenvalue weighted by molar-refractivity contribution is 0.0912. The van der Waals surface area contributed by atoms with Gasteiger partial charge in [-0.2, -0.15) is 0 Å². The van der Waals surface area contributed by atoms with E-state index in [4.69, 9.17) is 9.15 Å². The molecule has 0 aliphatic carbocycles. The van der Waals surface area contributed by atoms with Gasteiger partial charge in [-0.25, -0.2) is 0 Å². The highest BCUT2D eigenvalue weighted by molar-refractivity contribution is 9.10. The highest BCUT2D eigenvalue weighted by Crippen LogP contribution is 2.31. The number of benzene rings is 1. The zero-order valence-corrected chi connectivity index (χ0v) is 12.9. The quantitative estimate of drug-likeness (QED) is 0.867. The predicted molar refractivity (Wildman–Crippen MR) is 81.7 cm³/mol. The summed E-state index contributed by atoms with van der Waals surface area (Å²) in [6.45, 7) is 0.894. The van der Waals surface area contributed by atoms with E-state index < -0.39 is 6.10 Å². The minimum absolute atomic E-state index is 0.395. The number of aliphatic hydroxyl groups is 1. The Kier molecular flexibility index (Phi) is 4.44. The largest absolute Gasteiger partial charge is 0.457 e.